The van der Waals surface area contributed by atoms with Gasteiger partial charge < -0.3 is 4.74 Å². The third-order valence-electron chi connectivity index (χ3n) is 2.87. The van der Waals surface area contributed by atoms with Gasteiger partial charge in [-0.3, -0.25) is 4.79 Å². The van der Waals surface area contributed by atoms with Crippen LogP contribution in [0.2, 0.25) is 0 Å². The number of carbonyl (C=O) groups excluding carboxylic acids is 1. The maximum atomic E-state index is 12.3. The molecule has 0 radical (unpaired) electrons. The number of ether oxygens (including phenoxy) is 1. The van der Waals surface area contributed by atoms with Crippen LogP contribution in [-0.4, -0.2) is 28.2 Å². The number of aromatic nitrogens is 2. The molecule has 0 N–H and O–H groups in total. The molecule has 0 aromatic carbocycles. The first-order chi connectivity index (χ1) is 8.85. The van der Waals surface area contributed by atoms with E-state index in [0.29, 0.717) is 12.2 Å². The second-order valence-electron chi connectivity index (χ2n) is 4.42. The molecule has 0 aliphatic heterocycles. The average Bonchev–Trinajstić information content (AvgIpc) is 2.91. The average molecular weight is 312 g/mol. The second kappa shape index (κ2) is 5.28. The van der Waals surface area contributed by atoms with Crippen LogP contribution in [-0.2, 0) is 15.7 Å². The van der Waals surface area contributed by atoms with Gasteiger partial charge in [-0.05, 0) is 29.8 Å². The Morgan fingerprint density at radius 3 is 2.68 bits per heavy atom. The van der Waals surface area contributed by atoms with Crippen molar-refractivity contribution in [3.05, 3.63) is 5.82 Å². The smallest absolute Gasteiger partial charge is 0.452 e. The third-order valence-corrected chi connectivity index (χ3v) is 5.05. The summed E-state index contributed by atoms with van der Waals surface area (Å²) in [5.74, 6) is -0.821. The first-order valence-corrected chi connectivity index (χ1v) is 7.21. The molecule has 1 aromatic rings. The Labute approximate surface area is 115 Å². The van der Waals surface area contributed by atoms with Crippen LogP contribution in [0.4, 0.5) is 13.2 Å². The fourth-order valence-corrected chi connectivity index (χ4v) is 3.43. The molecule has 1 heterocycles. The summed E-state index contributed by atoms with van der Waals surface area (Å²) in [6, 6.07) is 0. The largest absolute Gasteiger partial charge is 0.469 e. The molecule has 0 atom stereocenters. The van der Waals surface area contributed by atoms with Gasteiger partial charge in [-0.2, -0.15) is 17.5 Å². The van der Waals surface area contributed by atoms with Gasteiger partial charge in [-0.25, -0.2) is 4.98 Å². The van der Waals surface area contributed by atoms with E-state index in [1.165, 1.54) is 18.9 Å². The van der Waals surface area contributed by atoms with Gasteiger partial charge in [0.25, 0.3) is 0 Å². The van der Waals surface area contributed by atoms with Crippen LogP contribution in [0.25, 0.3) is 0 Å². The number of hydrogen-bond acceptors (Lipinski definition) is 6. The summed E-state index contributed by atoms with van der Waals surface area (Å²) in [6.45, 7) is 0. The van der Waals surface area contributed by atoms with E-state index in [1.807, 2.05) is 0 Å². The summed E-state index contributed by atoms with van der Waals surface area (Å²) in [5.41, 5.74) is -0.137. The van der Waals surface area contributed by atoms with Crippen molar-refractivity contribution in [1.82, 2.24) is 9.36 Å². The topological polar surface area (TPSA) is 52.1 Å². The number of methoxy groups -OCH3 is 1. The Bertz CT molecular complexity index is 472. The summed E-state index contributed by atoms with van der Waals surface area (Å²) in [4.78, 5) is 14.6. The van der Waals surface area contributed by atoms with Crippen molar-refractivity contribution in [3.8, 4) is 0 Å². The molecule has 2 rings (SSSR count). The minimum Gasteiger partial charge on any atom is -0.469 e. The summed E-state index contributed by atoms with van der Waals surface area (Å²) in [6.07, 6.45) is -2.42. The highest BCUT2D eigenvalue weighted by molar-refractivity contribution is 8.00. The maximum Gasteiger partial charge on any atom is 0.452 e. The number of esters is 1. The molecular weight excluding hydrogens is 301 g/mol. The van der Waals surface area contributed by atoms with E-state index in [0.717, 1.165) is 24.4 Å². The highest BCUT2D eigenvalue weighted by atomic mass is 32.2. The SMILES string of the molecule is COC(=O)CC1(CSc2nc(C(F)(F)F)ns2)CC1. The fraction of sp³-hybridized carbons (Fsp3) is 0.700. The normalized spacial score (nSPS) is 17.3. The van der Waals surface area contributed by atoms with E-state index >= 15 is 0 Å². The van der Waals surface area contributed by atoms with E-state index in [-0.39, 0.29) is 15.7 Å². The highest BCUT2D eigenvalue weighted by Crippen LogP contribution is 2.52. The second-order valence-corrected chi connectivity index (χ2v) is 6.40. The lowest BCUT2D eigenvalue weighted by Crippen LogP contribution is -2.13. The van der Waals surface area contributed by atoms with Gasteiger partial charge in [-0.15, -0.1) is 0 Å². The lowest BCUT2D eigenvalue weighted by Gasteiger charge is -2.11. The van der Waals surface area contributed by atoms with E-state index in [2.05, 4.69) is 14.1 Å². The number of hydrogen-bond donors (Lipinski definition) is 0. The van der Waals surface area contributed by atoms with E-state index in [9.17, 15) is 18.0 Å². The fourth-order valence-electron chi connectivity index (χ4n) is 1.53. The summed E-state index contributed by atoms with van der Waals surface area (Å²) in [7, 11) is 1.33. The number of nitrogens with zero attached hydrogens (tertiary/aromatic N) is 2. The van der Waals surface area contributed by atoms with Gasteiger partial charge in [0.2, 0.25) is 5.82 Å². The standard InChI is InChI=1S/C10H11F3N2O2S2/c1-17-6(16)4-9(2-3-9)5-18-8-14-7(15-19-8)10(11,12)13/h2-5H2,1H3. The Hall–Kier alpha value is -0.830. The Morgan fingerprint density at radius 1 is 1.53 bits per heavy atom. The number of halogens is 3. The zero-order valence-corrected chi connectivity index (χ0v) is 11.6. The Balaban J connectivity index is 1.89. The molecule has 0 amide bonds. The number of rotatable bonds is 5. The quantitative estimate of drug-likeness (QED) is 0.618. The van der Waals surface area contributed by atoms with E-state index < -0.39 is 12.0 Å². The van der Waals surface area contributed by atoms with Crippen molar-refractivity contribution in [2.24, 2.45) is 5.41 Å². The molecule has 1 fully saturated rings. The van der Waals surface area contributed by atoms with Gasteiger partial charge in [0.05, 0.1) is 13.5 Å². The molecule has 1 aromatic heterocycles. The maximum absolute atomic E-state index is 12.3. The zero-order valence-electron chi connectivity index (χ0n) is 9.99. The van der Waals surface area contributed by atoms with Crippen LogP contribution in [0.3, 0.4) is 0 Å². The molecule has 4 nitrogen and oxygen atoms in total. The Kier molecular flexibility index (Phi) is 4.05. The number of thioether (sulfide) groups is 1. The molecule has 0 unspecified atom stereocenters. The molecule has 0 spiro atoms. The third kappa shape index (κ3) is 3.82. The molecule has 0 bridgehead atoms. The van der Waals surface area contributed by atoms with Gasteiger partial charge in [-0.1, -0.05) is 11.8 Å². The number of carbonyl (C=O) groups is 1. The molecule has 1 aliphatic carbocycles. The van der Waals surface area contributed by atoms with Gasteiger partial charge in [0.15, 0.2) is 4.34 Å². The molecule has 106 valence electrons. The van der Waals surface area contributed by atoms with Crippen LogP contribution in [0.1, 0.15) is 25.1 Å². The number of alkyl halides is 3. The predicted octanol–water partition coefficient (Wildman–Crippen LogP) is 2.99. The van der Waals surface area contributed by atoms with Crippen LogP contribution < -0.4 is 0 Å². The minimum absolute atomic E-state index is 0.137. The van der Waals surface area contributed by atoms with E-state index in [1.54, 1.807) is 0 Å². The van der Waals surface area contributed by atoms with Crippen LogP contribution >= 0.6 is 23.3 Å². The van der Waals surface area contributed by atoms with Gasteiger partial charge >= 0.3 is 12.1 Å². The molecule has 0 saturated heterocycles. The predicted molar refractivity (Wildman–Crippen MR) is 63.9 cm³/mol. The summed E-state index contributed by atoms with van der Waals surface area (Å²) in [5, 5.41) is 0. The van der Waals surface area contributed by atoms with Crippen molar-refractivity contribution in [2.45, 2.75) is 29.8 Å². The monoisotopic (exact) mass is 312 g/mol. The molecular formula is C10H11F3N2O2S2. The first-order valence-electron chi connectivity index (χ1n) is 5.45. The molecule has 19 heavy (non-hydrogen) atoms. The molecule has 1 saturated carbocycles. The molecule has 1 aliphatic rings. The van der Waals surface area contributed by atoms with Crippen LogP contribution in [0.15, 0.2) is 4.34 Å². The summed E-state index contributed by atoms with van der Waals surface area (Å²) >= 11 is 1.95. The first kappa shape index (κ1) is 14.6. The van der Waals surface area contributed by atoms with Crippen LogP contribution in [0.5, 0.6) is 0 Å². The van der Waals surface area contributed by atoms with Crippen molar-refractivity contribution < 1.29 is 22.7 Å². The summed E-state index contributed by atoms with van der Waals surface area (Å²) < 4.78 is 45.1. The van der Waals surface area contributed by atoms with Crippen molar-refractivity contribution in [3.63, 3.8) is 0 Å². The molecule has 9 heteroatoms. The van der Waals surface area contributed by atoms with Gasteiger partial charge in [0.1, 0.15) is 0 Å². The van der Waals surface area contributed by atoms with Crippen LogP contribution in [0, 0.1) is 5.41 Å². The van der Waals surface area contributed by atoms with Crippen molar-refractivity contribution >= 4 is 29.3 Å². The van der Waals surface area contributed by atoms with Crippen molar-refractivity contribution in [1.29, 1.82) is 0 Å². The lowest BCUT2D eigenvalue weighted by molar-refractivity contribution is -0.144. The highest BCUT2D eigenvalue weighted by Gasteiger charge is 2.45. The van der Waals surface area contributed by atoms with Crippen molar-refractivity contribution in [2.75, 3.05) is 12.9 Å². The Morgan fingerprint density at radius 2 is 2.21 bits per heavy atom. The zero-order chi connectivity index (χ0) is 14.1. The lowest BCUT2D eigenvalue weighted by atomic mass is 10.1. The van der Waals surface area contributed by atoms with E-state index in [4.69, 9.17) is 0 Å². The van der Waals surface area contributed by atoms with Gasteiger partial charge in [0, 0.05) is 5.75 Å². The minimum atomic E-state index is -4.50.